The molecule has 0 amide bonds. The summed E-state index contributed by atoms with van der Waals surface area (Å²) in [5, 5.41) is 4.23. The summed E-state index contributed by atoms with van der Waals surface area (Å²) >= 11 is 0. The summed E-state index contributed by atoms with van der Waals surface area (Å²) in [5.41, 5.74) is 3.54. The van der Waals surface area contributed by atoms with E-state index >= 15 is 0 Å². The zero-order valence-electron chi connectivity index (χ0n) is 10.1. The second kappa shape index (κ2) is 5.69. The Kier molecular flexibility index (Phi) is 4.24. The Morgan fingerprint density at radius 3 is 2.29 bits per heavy atom. The van der Waals surface area contributed by atoms with E-state index in [1.54, 1.807) is 11.1 Å². The molecule has 4 heteroatoms. The Morgan fingerprint density at radius 2 is 1.71 bits per heavy atom. The van der Waals surface area contributed by atoms with Crippen LogP contribution in [0, 0.1) is 0 Å². The summed E-state index contributed by atoms with van der Waals surface area (Å²) < 4.78 is 2.02. The van der Waals surface area contributed by atoms with Crippen LogP contribution in [0.3, 0.4) is 0 Å². The fraction of sp³-hybridized carbons (Fsp3) is 0.615. The molecule has 2 aliphatic rings. The molecule has 0 spiro atoms. The first kappa shape index (κ1) is 12.7. The van der Waals surface area contributed by atoms with Crippen molar-refractivity contribution in [3.05, 3.63) is 29.6 Å². The normalized spacial score (nSPS) is 20.2. The van der Waals surface area contributed by atoms with Crippen molar-refractivity contribution >= 4 is 12.4 Å². The van der Waals surface area contributed by atoms with Crippen LogP contribution in [0.15, 0.2) is 29.6 Å². The topological polar surface area (TPSA) is 21.1 Å². The van der Waals surface area contributed by atoms with Crippen molar-refractivity contribution in [1.29, 1.82) is 0 Å². The van der Waals surface area contributed by atoms with Crippen molar-refractivity contribution in [2.24, 2.45) is 0 Å². The molecule has 2 fully saturated rings. The maximum absolute atomic E-state index is 4.23. The molecule has 94 valence electrons. The fourth-order valence-electron chi connectivity index (χ4n) is 2.49. The molecule has 0 N–H and O–H groups in total. The van der Waals surface area contributed by atoms with Gasteiger partial charge in [-0.1, -0.05) is 11.1 Å². The lowest BCUT2D eigenvalue weighted by Crippen LogP contribution is -2.33. The minimum atomic E-state index is 0. The molecule has 17 heavy (non-hydrogen) atoms. The first-order valence-corrected chi connectivity index (χ1v) is 6.31. The molecule has 0 unspecified atom stereocenters. The van der Waals surface area contributed by atoms with Gasteiger partial charge in [0.05, 0.1) is 6.54 Å². The number of piperidine rings is 1. The van der Waals surface area contributed by atoms with Gasteiger partial charge < -0.3 is 4.90 Å². The molecule has 2 heterocycles. The maximum atomic E-state index is 4.23. The van der Waals surface area contributed by atoms with E-state index in [2.05, 4.69) is 10.00 Å². The second-order valence-corrected chi connectivity index (χ2v) is 4.82. The van der Waals surface area contributed by atoms with E-state index in [1.165, 1.54) is 38.8 Å². The van der Waals surface area contributed by atoms with E-state index in [0.29, 0.717) is 0 Å². The van der Waals surface area contributed by atoms with Gasteiger partial charge in [0.1, 0.15) is 0 Å². The van der Waals surface area contributed by atoms with Gasteiger partial charge in [-0.25, -0.2) is 0 Å². The number of hydrogen-bond acceptors (Lipinski definition) is 2. The van der Waals surface area contributed by atoms with Gasteiger partial charge in [-0.05, 0) is 31.7 Å². The third-order valence-electron chi connectivity index (χ3n) is 3.66. The van der Waals surface area contributed by atoms with Gasteiger partial charge in [-0.3, -0.25) is 4.68 Å². The predicted octanol–water partition coefficient (Wildman–Crippen LogP) is 2.49. The van der Waals surface area contributed by atoms with Gasteiger partial charge >= 0.3 is 0 Å². The first-order chi connectivity index (χ1) is 7.92. The molecule has 0 atom stereocenters. The minimum Gasteiger partial charge on any atom is -0.301 e. The Hall–Kier alpha value is -0.800. The van der Waals surface area contributed by atoms with Gasteiger partial charge in [0.25, 0.3) is 0 Å². The highest BCUT2D eigenvalue weighted by atomic mass is 35.5. The predicted molar refractivity (Wildman–Crippen MR) is 71.4 cm³/mol. The smallest absolute Gasteiger partial charge is 0.0536 e. The number of allylic oxidation sites excluding steroid dienone is 1. The Balaban J connectivity index is 0.00000108. The minimum absolute atomic E-state index is 0. The van der Waals surface area contributed by atoms with E-state index in [0.717, 1.165) is 13.1 Å². The van der Waals surface area contributed by atoms with Crippen LogP contribution in [0.4, 0.5) is 0 Å². The van der Waals surface area contributed by atoms with Crippen LogP contribution < -0.4 is 0 Å². The zero-order valence-corrected chi connectivity index (χ0v) is 11.0. The highest BCUT2D eigenvalue weighted by Crippen LogP contribution is 2.35. The molecule has 1 aliphatic carbocycles. The van der Waals surface area contributed by atoms with Crippen LogP contribution in [0.1, 0.15) is 25.7 Å². The molecule has 3 nitrogen and oxygen atoms in total. The molecule has 0 aromatic carbocycles. The summed E-state index contributed by atoms with van der Waals surface area (Å²) in [7, 11) is 0. The Bertz CT molecular complexity index is 367. The van der Waals surface area contributed by atoms with Crippen LogP contribution in [-0.2, 0) is 6.54 Å². The monoisotopic (exact) mass is 253 g/mol. The average molecular weight is 254 g/mol. The second-order valence-electron chi connectivity index (χ2n) is 4.82. The lowest BCUT2D eigenvalue weighted by atomic mass is 10.0. The van der Waals surface area contributed by atoms with Gasteiger partial charge in [-0.15, -0.1) is 12.4 Å². The van der Waals surface area contributed by atoms with Crippen LogP contribution >= 0.6 is 12.4 Å². The van der Waals surface area contributed by atoms with Gasteiger partial charge in [-0.2, -0.15) is 5.10 Å². The Morgan fingerprint density at radius 1 is 1.00 bits per heavy atom. The molecule has 1 aromatic heterocycles. The van der Waals surface area contributed by atoms with E-state index in [1.807, 2.05) is 23.1 Å². The molecule has 0 radical (unpaired) electrons. The SMILES string of the molecule is Cl.c1cnn(CCN2CCC(=C3CC3)CC2)c1. The van der Waals surface area contributed by atoms with Crippen LogP contribution in [0.5, 0.6) is 0 Å². The average Bonchev–Trinajstić information content (AvgIpc) is 3.05. The number of rotatable bonds is 3. The lowest BCUT2D eigenvalue weighted by molar-refractivity contribution is 0.242. The molecule has 1 aliphatic heterocycles. The molecular formula is C13H20ClN3. The van der Waals surface area contributed by atoms with Gasteiger partial charge in [0.15, 0.2) is 0 Å². The fourth-order valence-corrected chi connectivity index (χ4v) is 2.49. The Labute approximate surface area is 109 Å². The lowest BCUT2D eigenvalue weighted by Gasteiger charge is -2.28. The van der Waals surface area contributed by atoms with Crippen molar-refractivity contribution < 1.29 is 0 Å². The van der Waals surface area contributed by atoms with Gasteiger partial charge in [0.2, 0.25) is 0 Å². The van der Waals surface area contributed by atoms with Crippen LogP contribution in [0.2, 0.25) is 0 Å². The summed E-state index contributed by atoms with van der Waals surface area (Å²) in [6, 6.07) is 1.99. The summed E-state index contributed by atoms with van der Waals surface area (Å²) in [4.78, 5) is 2.56. The third kappa shape index (κ3) is 3.33. The van der Waals surface area contributed by atoms with Crippen molar-refractivity contribution in [1.82, 2.24) is 14.7 Å². The zero-order chi connectivity index (χ0) is 10.8. The summed E-state index contributed by atoms with van der Waals surface area (Å²) in [6.45, 7) is 4.67. The quantitative estimate of drug-likeness (QED) is 0.772. The molecule has 3 rings (SSSR count). The molecule has 1 saturated heterocycles. The molecule has 0 bridgehead atoms. The van der Waals surface area contributed by atoms with E-state index in [-0.39, 0.29) is 12.4 Å². The van der Waals surface area contributed by atoms with Crippen molar-refractivity contribution in [2.45, 2.75) is 32.2 Å². The molecule has 1 saturated carbocycles. The summed E-state index contributed by atoms with van der Waals surface area (Å²) in [5.74, 6) is 0. The first-order valence-electron chi connectivity index (χ1n) is 6.31. The third-order valence-corrected chi connectivity index (χ3v) is 3.66. The summed E-state index contributed by atoms with van der Waals surface area (Å²) in [6.07, 6.45) is 9.31. The highest BCUT2D eigenvalue weighted by Gasteiger charge is 2.21. The number of nitrogens with zero attached hydrogens (tertiary/aromatic N) is 3. The number of hydrogen-bond donors (Lipinski definition) is 0. The molecular weight excluding hydrogens is 234 g/mol. The van der Waals surface area contributed by atoms with Gasteiger partial charge in [0, 0.05) is 32.0 Å². The van der Waals surface area contributed by atoms with Crippen LogP contribution in [-0.4, -0.2) is 34.3 Å². The largest absolute Gasteiger partial charge is 0.301 e. The van der Waals surface area contributed by atoms with Crippen molar-refractivity contribution in [3.8, 4) is 0 Å². The highest BCUT2D eigenvalue weighted by molar-refractivity contribution is 5.85. The van der Waals surface area contributed by atoms with Crippen molar-refractivity contribution in [3.63, 3.8) is 0 Å². The molecule has 1 aromatic rings. The number of aromatic nitrogens is 2. The standard InChI is InChI=1S/C13H19N3.ClH/c1-6-14-16(7-1)11-10-15-8-4-13(5-9-15)12-2-3-12;/h1,6-7H,2-5,8-11H2;1H. The van der Waals surface area contributed by atoms with E-state index < -0.39 is 0 Å². The number of likely N-dealkylation sites (tertiary alicyclic amines) is 1. The van der Waals surface area contributed by atoms with E-state index in [4.69, 9.17) is 0 Å². The van der Waals surface area contributed by atoms with Crippen LogP contribution in [0.25, 0.3) is 0 Å². The van der Waals surface area contributed by atoms with E-state index in [9.17, 15) is 0 Å². The maximum Gasteiger partial charge on any atom is 0.0536 e. The number of halogens is 1. The van der Waals surface area contributed by atoms with Crippen molar-refractivity contribution in [2.75, 3.05) is 19.6 Å².